The molecular formula is C13H18O. The van der Waals surface area contributed by atoms with Crippen LogP contribution in [0.2, 0.25) is 0 Å². The lowest BCUT2D eigenvalue weighted by Gasteiger charge is -2.11. The van der Waals surface area contributed by atoms with Gasteiger partial charge in [-0.05, 0) is 30.9 Å². The summed E-state index contributed by atoms with van der Waals surface area (Å²) in [5, 5.41) is 8.93. The van der Waals surface area contributed by atoms with E-state index in [-0.39, 0.29) is 6.61 Å². The summed E-state index contributed by atoms with van der Waals surface area (Å²) in [5.74, 6) is 0.378. The molecule has 0 heterocycles. The maximum atomic E-state index is 8.93. The highest BCUT2D eigenvalue weighted by Crippen LogP contribution is 2.21. The molecule has 0 amide bonds. The van der Waals surface area contributed by atoms with Gasteiger partial charge in [0.1, 0.15) is 0 Å². The first-order valence-corrected chi connectivity index (χ1v) is 4.99. The smallest absolute Gasteiger partial charge is 0.0639 e. The summed E-state index contributed by atoms with van der Waals surface area (Å²) < 4.78 is 0. The lowest BCUT2D eigenvalue weighted by Crippen LogP contribution is -1.95. The normalized spacial score (nSPS) is 14.1. The number of aliphatic hydroxyl groups is 1. The Labute approximate surface area is 86.1 Å². The molecule has 1 aromatic rings. The van der Waals surface area contributed by atoms with Crippen molar-refractivity contribution in [3.63, 3.8) is 0 Å². The van der Waals surface area contributed by atoms with Crippen LogP contribution in [0.15, 0.2) is 35.9 Å². The summed E-state index contributed by atoms with van der Waals surface area (Å²) in [6.07, 6.45) is 2.11. The molecule has 0 aliphatic heterocycles. The van der Waals surface area contributed by atoms with E-state index in [4.69, 9.17) is 5.11 Å². The third kappa shape index (κ3) is 2.71. The van der Waals surface area contributed by atoms with Gasteiger partial charge in [0.15, 0.2) is 0 Å². The Balaban J connectivity index is 2.90. The predicted molar refractivity (Wildman–Crippen MR) is 60.4 cm³/mol. The summed E-state index contributed by atoms with van der Waals surface area (Å²) in [6, 6.07) is 8.37. The molecule has 0 radical (unpaired) electrons. The van der Waals surface area contributed by atoms with Crippen molar-refractivity contribution in [3.05, 3.63) is 47.0 Å². The fraction of sp³-hybridized carbons (Fsp3) is 0.385. The molecule has 1 atom stereocenters. The third-order valence-corrected chi connectivity index (χ3v) is 2.46. The van der Waals surface area contributed by atoms with Gasteiger partial charge in [-0.3, -0.25) is 0 Å². The summed E-state index contributed by atoms with van der Waals surface area (Å²) in [6.45, 7) is 6.38. The van der Waals surface area contributed by atoms with Gasteiger partial charge in [-0.15, -0.1) is 0 Å². The van der Waals surface area contributed by atoms with Crippen molar-refractivity contribution in [2.45, 2.75) is 26.7 Å². The Morgan fingerprint density at radius 3 is 2.64 bits per heavy atom. The minimum Gasteiger partial charge on any atom is -0.392 e. The van der Waals surface area contributed by atoms with E-state index >= 15 is 0 Å². The average Bonchev–Trinajstić information content (AvgIpc) is 2.18. The third-order valence-electron chi connectivity index (χ3n) is 2.46. The van der Waals surface area contributed by atoms with Gasteiger partial charge in [-0.2, -0.15) is 0 Å². The summed E-state index contributed by atoms with van der Waals surface area (Å²) in [7, 11) is 0. The van der Waals surface area contributed by atoms with Gasteiger partial charge in [-0.1, -0.05) is 42.8 Å². The highest BCUT2D eigenvalue weighted by atomic mass is 16.3. The SMILES string of the molecule is CC(=CC(C)c1ccccc1C)CO. The number of rotatable bonds is 3. The quantitative estimate of drug-likeness (QED) is 0.726. The summed E-state index contributed by atoms with van der Waals surface area (Å²) >= 11 is 0. The van der Waals surface area contributed by atoms with Crippen LogP contribution in [0.25, 0.3) is 0 Å². The van der Waals surface area contributed by atoms with Crippen molar-refractivity contribution >= 4 is 0 Å². The van der Waals surface area contributed by atoms with Crippen LogP contribution in [0.1, 0.15) is 30.9 Å². The molecule has 0 spiro atoms. The standard InChI is InChI=1S/C13H18O/c1-10(9-14)8-12(3)13-7-5-4-6-11(13)2/h4-8,12,14H,9H2,1-3H3. The lowest BCUT2D eigenvalue weighted by atomic mass is 9.95. The fourth-order valence-corrected chi connectivity index (χ4v) is 1.67. The van der Waals surface area contributed by atoms with Gasteiger partial charge in [0.2, 0.25) is 0 Å². The number of hydrogen-bond acceptors (Lipinski definition) is 1. The van der Waals surface area contributed by atoms with Crippen molar-refractivity contribution < 1.29 is 5.11 Å². The molecule has 0 saturated carbocycles. The molecule has 1 unspecified atom stereocenters. The second-order valence-electron chi connectivity index (χ2n) is 3.82. The van der Waals surface area contributed by atoms with Crippen LogP contribution in [-0.4, -0.2) is 11.7 Å². The maximum absolute atomic E-state index is 8.93. The summed E-state index contributed by atoms with van der Waals surface area (Å²) in [5.41, 5.74) is 3.67. The molecule has 0 bridgehead atoms. The van der Waals surface area contributed by atoms with E-state index in [0.717, 1.165) is 5.57 Å². The van der Waals surface area contributed by atoms with E-state index in [1.165, 1.54) is 11.1 Å². The topological polar surface area (TPSA) is 20.2 Å². The number of benzene rings is 1. The maximum Gasteiger partial charge on any atom is 0.0639 e. The van der Waals surface area contributed by atoms with E-state index < -0.39 is 0 Å². The van der Waals surface area contributed by atoms with Crippen molar-refractivity contribution in [1.29, 1.82) is 0 Å². The van der Waals surface area contributed by atoms with Crippen molar-refractivity contribution in [2.24, 2.45) is 0 Å². The predicted octanol–water partition coefficient (Wildman–Crippen LogP) is 3.04. The molecule has 1 aromatic carbocycles. The van der Waals surface area contributed by atoms with Crippen LogP contribution in [0.4, 0.5) is 0 Å². The zero-order chi connectivity index (χ0) is 10.6. The van der Waals surface area contributed by atoms with Crippen LogP contribution in [0.5, 0.6) is 0 Å². The fourth-order valence-electron chi connectivity index (χ4n) is 1.67. The van der Waals surface area contributed by atoms with E-state index in [0.29, 0.717) is 5.92 Å². The van der Waals surface area contributed by atoms with Gasteiger partial charge < -0.3 is 5.11 Å². The van der Waals surface area contributed by atoms with Crippen molar-refractivity contribution in [1.82, 2.24) is 0 Å². The molecule has 14 heavy (non-hydrogen) atoms. The largest absolute Gasteiger partial charge is 0.392 e. The Bertz CT molecular complexity index is 326. The van der Waals surface area contributed by atoms with Gasteiger partial charge in [0, 0.05) is 0 Å². The minimum absolute atomic E-state index is 0.149. The van der Waals surface area contributed by atoms with Crippen LogP contribution in [0.3, 0.4) is 0 Å². The molecule has 0 aliphatic rings. The second-order valence-corrected chi connectivity index (χ2v) is 3.82. The molecular weight excluding hydrogens is 172 g/mol. The highest BCUT2D eigenvalue weighted by molar-refractivity contribution is 5.32. The van der Waals surface area contributed by atoms with Gasteiger partial charge in [0.25, 0.3) is 0 Å². The van der Waals surface area contributed by atoms with E-state index in [9.17, 15) is 0 Å². The van der Waals surface area contributed by atoms with Crippen LogP contribution >= 0.6 is 0 Å². The Morgan fingerprint density at radius 2 is 2.07 bits per heavy atom. The number of aliphatic hydroxyl groups excluding tert-OH is 1. The van der Waals surface area contributed by atoms with Gasteiger partial charge in [-0.25, -0.2) is 0 Å². The summed E-state index contributed by atoms with van der Waals surface area (Å²) in [4.78, 5) is 0. The molecule has 1 heteroatoms. The van der Waals surface area contributed by atoms with E-state index in [2.05, 4.69) is 38.1 Å². The minimum atomic E-state index is 0.149. The van der Waals surface area contributed by atoms with Crippen LogP contribution in [0, 0.1) is 6.92 Å². The molecule has 1 N–H and O–H groups in total. The van der Waals surface area contributed by atoms with Gasteiger partial charge >= 0.3 is 0 Å². The molecule has 1 rings (SSSR count). The van der Waals surface area contributed by atoms with Crippen molar-refractivity contribution in [3.8, 4) is 0 Å². The number of hydrogen-bond donors (Lipinski definition) is 1. The molecule has 0 saturated heterocycles. The van der Waals surface area contributed by atoms with Crippen LogP contribution in [-0.2, 0) is 0 Å². The zero-order valence-corrected chi connectivity index (χ0v) is 9.12. The first-order chi connectivity index (χ1) is 6.65. The molecule has 0 aliphatic carbocycles. The molecule has 0 aromatic heterocycles. The first-order valence-electron chi connectivity index (χ1n) is 4.99. The lowest BCUT2D eigenvalue weighted by molar-refractivity contribution is 0.330. The number of aryl methyl sites for hydroxylation is 1. The van der Waals surface area contributed by atoms with E-state index in [1.54, 1.807) is 0 Å². The zero-order valence-electron chi connectivity index (χ0n) is 9.12. The molecule has 0 fully saturated rings. The Kier molecular flexibility index (Phi) is 3.90. The molecule has 1 nitrogen and oxygen atoms in total. The van der Waals surface area contributed by atoms with Crippen molar-refractivity contribution in [2.75, 3.05) is 6.61 Å². The first kappa shape index (κ1) is 11.0. The molecule has 76 valence electrons. The monoisotopic (exact) mass is 190 g/mol. The average molecular weight is 190 g/mol. The number of allylic oxidation sites excluding steroid dienone is 1. The van der Waals surface area contributed by atoms with Crippen LogP contribution < -0.4 is 0 Å². The Hall–Kier alpha value is -1.08. The highest BCUT2D eigenvalue weighted by Gasteiger charge is 2.04. The van der Waals surface area contributed by atoms with E-state index in [1.807, 2.05) is 13.0 Å². The Morgan fingerprint density at radius 1 is 1.43 bits per heavy atom. The second kappa shape index (κ2) is 4.97. The van der Waals surface area contributed by atoms with Gasteiger partial charge in [0.05, 0.1) is 6.61 Å².